The minimum absolute atomic E-state index is 0. The third-order valence-corrected chi connectivity index (χ3v) is 5.46. The lowest BCUT2D eigenvalue weighted by atomic mass is 9.94. The molecule has 7 nitrogen and oxygen atoms in total. The van der Waals surface area contributed by atoms with E-state index in [1.165, 1.54) is 6.07 Å². The number of halogens is 3. The molecule has 2 heterocycles. The minimum Gasteiger partial charge on any atom is -0.490 e. The van der Waals surface area contributed by atoms with E-state index in [0.29, 0.717) is 48.0 Å². The Labute approximate surface area is 190 Å². The van der Waals surface area contributed by atoms with Crippen LogP contribution >= 0.6 is 24.0 Å². The summed E-state index contributed by atoms with van der Waals surface area (Å²) in [5.74, 6) is 0.432. The predicted octanol–water partition coefficient (Wildman–Crippen LogP) is 4.04. The fourth-order valence-corrected chi connectivity index (χ4v) is 3.79. The van der Waals surface area contributed by atoms with E-state index < -0.39 is 17.6 Å². The van der Waals surface area contributed by atoms with Crippen molar-refractivity contribution < 1.29 is 18.7 Å². The molecule has 4 rings (SSSR count). The Morgan fingerprint density at radius 1 is 1.19 bits per heavy atom. The molecule has 2 aliphatic rings. The maximum absolute atomic E-state index is 14.0. The topological polar surface area (TPSA) is 89.2 Å². The molecular formula is C21H23Cl2FN4O3. The smallest absolute Gasteiger partial charge is 0.409 e. The fourth-order valence-electron chi connectivity index (χ4n) is 3.66. The van der Waals surface area contributed by atoms with Gasteiger partial charge in [0.25, 0.3) is 0 Å². The number of carbonyl (C=O) groups excluding carboxylic acids is 1. The van der Waals surface area contributed by atoms with Gasteiger partial charge in [-0.1, -0.05) is 17.7 Å². The number of likely N-dealkylation sites (tertiary alicyclic amines) is 1. The Morgan fingerprint density at radius 3 is 2.61 bits per heavy atom. The van der Waals surface area contributed by atoms with Crippen LogP contribution < -0.4 is 15.8 Å². The molecule has 166 valence electrons. The van der Waals surface area contributed by atoms with Gasteiger partial charge < -0.3 is 25.4 Å². The molecule has 0 aliphatic carbocycles. The molecule has 1 spiro atoms. The number of nitrogens with one attached hydrogen (secondary N) is 1. The molecule has 0 unspecified atom stereocenters. The van der Waals surface area contributed by atoms with Gasteiger partial charge in [0.1, 0.15) is 36.3 Å². The van der Waals surface area contributed by atoms with Crippen molar-refractivity contribution in [2.75, 3.05) is 31.6 Å². The summed E-state index contributed by atoms with van der Waals surface area (Å²) in [5, 5.41) is 3.93. The Morgan fingerprint density at radius 2 is 1.90 bits per heavy atom. The Balaban J connectivity index is 0.00000272. The average molecular weight is 469 g/mol. The number of piperidine rings is 1. The molecule has 31 heavy (non-hydrogen) atoms. The number of amides is 1. The summed E-state index contributed by atoms with van der Waals surface area (Å²) in [5.41, 5.74) is 6.31. The van der Waals surface area contributed by atoms with Gasteiger partial charge >= 0.3 is 6.09 Å². The molecule has 2 aliphatic heterocycles. The van der Waals surface area contributed by atoms with Gasteiger partial charge in [-0.15, -0.1) is 12.4 Å². The van der Waals surface area contributed by atoms with Gasteiger partial charge in [-0.05, 0) is 36.4 Å². The van der Waals surface area contributed by atoms with E-state index in [9.17, 15) is 9.18 Å². The van der Waals surface area contributed by atoms with E-state index in [1.807, 2.05) is 0 Å². The van der Waals surface area contributed by atoms with E-state index in [-0.39, 0.29) is 31.5 Å². The normalized spacial score (nSPS) is 16.5. The summed E-state index contributed by atoms with van der Waals surface area (Å²) in [4.78, 5) is 18.5. The third-order valence-electron chi connectivity index (χ3n) is 5.21. The average Bonchev–Trinajstić information content (AvgIpc) is 2.72. The standard InChI is InChI=1S/C21H22ClFN4O3.ClH/c22-14-4-6-15(7-5-14)29-12-13-30-20(28)27-10-8-21(9-11-27)25-17-3-1-2-16(23)18(17)19(24)26-21;/h1-7,25H,8-13H2,(H2,24,26);1H. The zero-order valence-electron chi connectivity index (χ0n) is 16.6. The molecule has 1 saturated heterocycles. The van der Waals surface area contributed by atoms with Crippen LogP contribution in [0.2, 0.25) is 5.02 Å². The van der Waals surface area contributed by atoms with Crippen LogP contribution in [0.4, 0.5) is 14.9 Å². The molecule has 0 saturated carbocycles. The SMILES string of the molecule is Cl.NC1=NC2(CCN(C(=O)OCCOc3ccc(Cl)cc3)CC2)Nc2cccc(F)c21. The highest BCUT2D eigenvalue weighted by Gasteiger charge is 2.39. The van der Waals surface area contributed by atoms with Crippen LogP contribution in [0.3, 0.4) is 0 Å². The number of carbonyl (C=O) groups is 1. The number of fused-ring (bicyclic) bond motifs is 1. The quantitative estimate of drug-likeness (QED) is 0.660. The second kappa shape index (κ2) is 9.62. The van der Waals surface area contributed by atoms with E-state index >= 15 is 0 Å². The van der Waals surface area contributed by atoms with E-state index in [1.54, 1.807) is 41.3 Å². The molecule has 2 aromatic carbocycles. The van der Waals surface area contributed by atoms with Crippen LogP contribution in [0.1, 0.15) is 18.4 Å². The van der Waals surface area contributed by atoms with Crippen molar-refractivity contribution in [3.8, 4) is 5.75 Å². The van der Waals surface area contributed by atoms with Crippen molar-refractivity contribution in [2.45, 2.75) is 18.5 Å². The Bertz CT molecular complexity index is 964. The summed E-state index contributed by atoms with van der Waals surface area (Å²) in [7, 11) is 0. The van der Waals surface area contributed by atoms with Gasteiger partial charge in [0.15, 0.2) is 0 Å². The first-order valence-corrected chi connectivity index (χ1v) is 10.1. The summed E-state index contributed by atoms with van der Waals surface area (Å²) >= 11 is 5.83. The zero-order chi connectivity index (χ0) is 21.1. The van der Waals surface area contributed by atoms with Crippen LogP contribution in [-0.2, 0) is 4.74 Å². The lowest BCUT2D eigenvalue weighted by molar-refractivity contribution is 0.0753. The molecule has 10 heteroatoms. The number of ether oxygens (including phenoxy) is 2. The minimum atomic E-state index is -0.640. The first-order valence-electron chi connectivity index (χ1n) is 9.68. The fraction of sp³-hybridized carbons (Fsp3) is 0.333. The highest BCUT2D eigenvalue weighted by Crippen LogP contribution is 2.35. The Hall–Kier alpha value is -2.71. The molecule has 2 aromatic rings. The van der Waals surface area contributed by atoms with Crippen molar-refractivity contribution in [3.05, 3.63) is 58.9 Å². The summed E-state index contributed by atoms with van der Waals surface area (Å²) in [6.07, 6.45) is 0.684. The largest absolute Gasteiger partial charge is 0.490 e. The molecule has 3 N–H and O–H groups in total. The maximum Gasteiger partial charge on any atom is 0.409 e. The summed E-state index contributed by atoms with van der Waals surface area (Å²) in [6.45, 7) is 1.28. The molecule has 0 radical (unpaired) electrons. The van der Waals surface area contributed by atoms with Crippen LogP contribution in [-0.4, -0.2) is 48.8 Å². The number of benzene rings is 2. The number of hydrogen-bond acceptors (Lipinski definition) is 6. The lowest BCUT2D eigenvalue weighted by Gasteiger charge is -2.42. The van der Waals surface area contributed by atoms with Crippen molar-refractivity contribution in [1.29, 1.82) is 0 Å². The number of amidine groups is 1. The molecule has 0 bridgehead atoms. The highest BCUT2D eigenvalue weighted by atomic mass is 35.5. The zero-order valence-corrected chi connectivity index (χ0v) is 18.2. The number of nitrogens with two attached hydrogens (primary N) is 1. The molecule has 0 aromatic heterocycles. The van der Waals surface area contributed by atoms with Crippen molar-refractivity contribution in [3.63, 3.8) is 0 Å². The van der Waals surface area contributed by atoms with Gasteiger partial charge in [0.2, 0.25) is 0 Å². The number of anilines is 1. The number of rotatable bonds is 4. The van der Waals surface area contributed by atoms with E-state index in [4.69, 9.17) is 26.8 Å². The molecule has 1 amide bonds. The van der Waals surface area contributed by atoms with Gasteiger partial charge in [-0.2, -0.15) is 0 Å². The van der Waals surface area contributed by atoms with Crippen LogP contribution in [0.5, 0.6) is 5.75 Å². The number of aliphatic imine (C=N–C) groups is 1. The van der Waals surface area contributed by atoms with Gasteiger partial charge in [-0.3, -0.25) is 0 Å². The lowest BCUT2D eigenvalue weighted by Crippen LogP contribution is -2.52. The maximum atomic E-state index is 14.0. The van der Waals surface area contributed by atoms with Gasteiger partial charge in [0, 0.05) is 36.6 Å². The first-order chi connectivity index (χ1) is 14.5. The summed E-state index contributed by atoms with van der Waals surface area (Å²) < 4.78 is 24.9. The van der Waals surface area contributed by atoms with E-state index in [2.05, 4.69) is 10.3 Å². The van der Waals surface area contributed by atoms with Crippen LogP contribution in [0, 0.1) is 5.82 Å². The highest BCUT2D eigenvalue weighted by molar-refractivity contribution is 6.30. The third kappa shape index (κ3) is 5.14. The van der Waals surface area contributed by atoms with Gasteiger partial charge in [-0.25, -0.2) is 14.2 Å². The second-order valence-corrected chi connectivity index (χ2v) is 7.66. The van der Waals surface area contributed by atoms with Crippen molar-refractivity contribution in [1.82, 2.24) is 4.90 Å². The van der Waals surface area contributed by atoms with Crippen LogP contribution in [0.15, 0.2) is 47.5 Å². The number of hydrogen-bond donors (Lipinski definition) is 2. The summed E-state index contributed by atoms with van der Waals surface area (Å²) in [6, 6.07) is 11.7. The molecular weight excluding hydrogens is 446 g/mol. The second-order valence-electron chi connectivity index (χ2n) is 7.22. The first kappa shape index (κ1) is 23.0. The van der Waals surface area contributed by atoms with Gasteiger partial charge in [0.05, 0.1) is 5.56 Å². The van der Waals surface area contributed by atoms with Crippen molar-refractivity contribution in [2.24, 2.45) is 10.7 Å². The Kier molecular flexibility index (Phi) is 7.12. The van der Waals surface area contributed by atoms with Crippen molar-refractivity contribution >= 4 is 41.6 Å². The molecule has 1 fully saturated rings. The van der Waals surface area contributed by atoms with E-state index in [0.717, 1.165) is 0 Å². The monoisotopic (exact) mass is 468 g/mol. The molecule has 0 atom stereocenters. The predicted molar refractivity (Wildman–Crippen MR) is 120 cm³/mol. The van der Waals surface area contributed by atoms with Crippen LogP contribution in [0.25, 0.3) is 0 Å². The number of nitrogens with zero attached hydrogens (tertiary/aromatic N) is 2.